The van der Waals surface area contributed by atoms with Crippen molar-refractivity contribution in [3.05, 3.63) is 0 Å². The predicted molar refractivity (Wildman–Crippen MR) is 53.1 cm³/mol. The van der Waals surface area contributed by atoms with Gasteiger partial charge in [0, 0.05) is 11.9 Å². The largest absolute Gasteiger partial charge is 0.396 e. The summed E-state index contributed by atoms with van der Waals surface area (Å²) in [6.07, 6.45) is 6.38. The Balaban J connectivity index is 3.07. The zero-order valence-corrected chi connectivity index (χ0v) is 8.94. The molecular formula is C9H19BrO. The van der Waals surface area contributed by atoms with Crippen LogP contribution in [-0.4, -0.2) is 17.0 Å². The second-order valence-corrected chi connectivity index (χ2v) is 3.70. The van der Waals surface area contributed by atoms with Crippen LogP contribution in [0.3, 0.4) is 0 Å². The fraction of sp³-hybridized carbons (Fsp3) is 1.00. The Kier molecular flexibility index (Phi) is 8.88. The highest BCUT2D eigenvalue weighted by Crippen LogP contribution is 2.12. The quantitative estimate of drug-likeness (QED) is 0.519. The summed E-state index contributed by atoms with van der Waals surface area (Å²) in [5.74, 6) is 0.479. The van der Waals surface area contributed by atoms with Crippen LogP contribution in [0.5, 0.6) is 0 Å². The molecule has 1 N–H and O–H groups in total. The van der Waals surface area contributed by atoms with Crippen molar-refractivity contribution in [1.29, 1.82) is 0 Å². The first-order valence-electron chi connectivity index (χ1n) is 4.52. The molecule has 0 spiro atoms. The molecule has 0 radical (unpaired) electrons. The van der Waals surface area contributed by atoms with E-state index in [2.05, 4.69) is 22.9 Å². The van der Waals surface area contributed by atoms with Crippen molar-refractivity contribution in [2.75, 3.05) is 11.9 Å². The molecule has 0 saturated heterocycles. The van der Waals surface area contributed by atoms with Gasteiger partial charge in [-0.25, -0.2) is 0 Å². The van der Waals surface area contributed by atoms with Crippen LogP contribution in [0, 0.1) is 5.92 Å². The number of aliphatic hydroxyl groups is 1. The molecule has 0 heterocycles. The Bertz CT molecular complexity index is 72.0. The van der Waals surface area contributed by atoms with Gasteiger partial charge in [-0.05, 0) is 12.3 Å². The van der Waals surface area contributed by atoms with Crippen molar-refractivity contribution in [1.82, 2.24) is 0 Å². The second kappa shape index (κ2) is 8.54. The molecule has 1 atom stereocenters. The molecule has 1 nitrogen and oxygen atoms in total. The normalized spacial score (nSPS) is 13.4. The van der Waals surface area contributed by atoms with Crippen LogP contribution in [-0.2, 0) is 0 Å². The smallest absolute Gasteiger partial charge is 0.0467 e. The fourth-order valence-electron chi connectivity index (χ4n) is 1.08. The van der Waals surface area contributed by atoms with Gasteiger partial charge in [-0.2, -0.15) is 0 Å². The van der Waals surface area contributed by atoms with Gasteiger partial charge in [-0.15, -0.1) is 0 Å². The summed E-state index contributed by atoms with van der Waals surface area (Å²) in [5, 5.41) is 9.79. The molecule has 0 aromatic rings. The number of unbranched alkanes of at least 4 members (excludes halogenated alkanes) is 3. The summed E-state index contributed by atoms with van der Waals surface area (Å²) < 4.78 is 0. The van der Waals surface area contributed by atoms with E-state index >= 15 is 0 Å². The molecule has 0 rings (SSSR count). The number of hydrogen-bond donors (Lipinski definition) is 1. The van der Waals surface area contributed by atoms with Crippen LogP contribution in [0.1, 0.15) is 39.0 Å². The monoisotopic (exact) mass is 222 g/mol. The van der Waals surface area contributed by atoms with Gasteiger partial charge in [0.05, 0.1) is 0 Å². The lowest BCUT2D eigenvalue weighted by atomic mass is 10.0. The first-order valence-corrected chi connectivity index (χ1v) is 5.64. The minimum absolute atomic E-state index is 0.331. The van der Waals surface area contributed by atoms with Crippen LogP contribution < -0.4 is 0 Å². The molecule has 0 aliphatic carbocycles. The molecule has 0 aliphatic heterocycles. The van der Waals surface area contributed by atoms with Gasteiger partial charge < -0.3 is 5.11 Å². The van der Waals surface area contributed by atoms with Gasteiger partial charge in [-0.3, -0.25) is 0 Å². The Hall–Kier alpha value is 0.440. The lowest BCUT2D eigenvalue weighted by molar-refractivity contribution is 0.231. The standard InChI is InChI=1S/C9H19BrO/c1-2-3-4-5-6-9(7-10)8-11/h9,11H,2-8H2,1H3. The van der Waals surface area contributed by atoms with E-state index in [9.17, 15) is 0 Å². The molecule has 0 amide bonds. The summed E-state index contributed by atoms with van der Waals surface area (Å²) in [6.45, 7) is 2.55. The molecule has 0 saturated carbocycles. The van der Waals surface area contributed by atoms with Gasteiger partial charge in [0.25, 0.3) is 0 Å². The molecule has 2 heteroatoms. The maximum atomic E-state index is 8.85. The molecular weight excluding hydrogens is 204 g/mol. The van der Waals surface area contributed by atoms with Crippen molar-refractivity contribution in [2.24, 2.45) is 5.92 Å². The van der Waals surface area contributed by atoms with E-state index in [1.165, 1.54) is 32.1 Å². The summed E-state index contributed by atoms with van der Waals surface area (Å²) in [5.41, 5.74) is 0. The summed E-state index contributed by atoms with van der Waals surface area (Å²) in [7, 11) is 0. The average Bonchev–Trinajstić information content (AvgIpc) is 2.05. The number of alkyl halides is 1. The van der Waals surface area contributed by atoms with Crippen molar-refractivity contribution >= 4 is 15.9 Å². The van der Waals surface area contributed by atoms with Crippen LogP contribution in [0.2, 0.25) is 0 Å². The number of halogens is 1. The number of aliphatic hydroxyl groups excluding tert-OH is 1. The van der Waals surface area contributed by atoms with Crippen LogP contribution in [0.4, 0.5) is 0 Å². The Morgan fingerprint density at radius 2 is 2.00 bits per heavy atom. The first kappa shape index (κ1) is 11.4. The zero-order chi connectivity index (χ0) is 8.53. The minimum Gasteiger partial charge on any atom is -0.396 e. The SMILES string of the molecule is CCCCCCC(CO)CBr. The lowest BCUT2D eigenvalue weighted by Gasteiger charge is -2.08. The summed E-state index contributed by atoms with van der Waals surface area (Å²) >= 11 is 3.39. The maximum absolute atomic E-state index is 8.85. The molecule has 11 heavy (non-hydrogen) atoms. The van der Waals surface area contributed by atoms with Gasteiger partial charge in [0.2, 0.25) is 0 Å². The Morgan fingerprint density at radius 1 is 1.27 bits per heavy atom. The third-order valence-electron chi connectivity index (χ3n) is 1.94. The fourth-order valence-corrected chi connectivity index (χ4v) is 1.61. The summed E-state index contributed by atoms with van der Waals surface area (Å²) in [4.78, 5) is 0. The number of hydrogen-bond acceptors (Lipinski definition) is 1. The van der Waals surface area contributed by atoms with Crippen LogP contribution in [0.25, 0.3) is 0 Å². The van der Waals surface area contributed by atoms with E-state index in [0.717, 1.165) is 5.33 Å². The first-order chi connectivity index (χ1) is 5.35. The van der Waals surface area contributed by atoms with Gasteiger partial charge in [0.1, 0.15) is 0 Å². The molecule has 68 valence electrons. The van der Waals surface area contributed by atoms with Crippen molar-refractivity contribution in [2.45, 2.75) is 39.0 Å². The minimum atomic E-state index is 0.331. The van der Waals surface area contributed by atoms with E-state index in [0.29, 0.717) is 12.5 Å². The molecule has 0 aromatic carbocycles. The highest BCUT2D eigenvalue weighted by molar-refractivity contribution is 9.09. The van der Waals surface area contributed by atoms with Gasteiger partial charge >= 0.3 is 0 Å². The van der Waals surface area contributed by atoms with E-state index in [1.807, 2.05) is 0 Å². The Morgan fingerprint density at radius 3 is 2.45 bits per heavy atom. The maximum Gasteiger partial charge on any atom is 0.0467 e. The molecule has 0 aliphatic rings. The van der Waals surface area contributed by atoms with Gasteiger partial charge in [0.15, 0.2) is 0 Å². The van der Waals surface area contributed by atoms with Crippen molar-refractivity contribution < 1.29 is 5.11 Å². The second-order valence-electron chi connectivity index (χ2n) is 3.05. The molecule has 0 fully saturated rings. The number of rotatable bonds is 7. The highest BCUT2D eigenvalue weighted by atomic mass is 79.9. The van der Waals surface area contributed by atoms with E-state index in [4.69, 9.17) is 5.11 Å². The molecule has 0 bridgehead atoms. The summed E-state index contributed by atoms with van der Waals surface area (Å²) in [6, 6.07) is 0. The lowest BCUT2D eigenvalue weighted by Crippen LogP contribution is -2.06. The van der Waals surface area contributed by atoms with Crippen molar-refractivity contribution in [3.63, 3.8) is 0 Å². The van der Waals surface area contributed by atoms with E-state index in [-0.39, 0.29) is 0 Å². The average molecular weight is 223 g/mol. The van der Waals surface area contributed by atoms with E-state index in [1.54, 1.807) is 0 Å². The topological polar surface area (TPSA) is 20.2 Å². The molecule has 1 unspecified atom stereocenters. The molecule has 0 aromatic heterocycles. The Labute approximate surface area is 78.3 Å². The van der Waals surface area contributed by atoms with E-state index < -0.39 is 0 Å². The zero-order valence-electron chi connectivity index (χ0n) is 7.35. The third-order valence-corrected chi connectivity index (χ3v) is 2.86. The van der Waals surface area contributed by atoms with Crippen LogP contribution >= 0.6 is 15.9 Å². The van der Waals surface area contributed by atoms with Crippen molar-refractivity contribution in [3.8, 4) is 0 Å². The third kappa shape index (κ3) is 6.82. The van der Waals surface area contributed by atoms with Gasteiger partial charge in [-0.1, -0.05) is 48.5 Å². The van der Waals surface area contributed by atoms with Crippen LogP contribution in [0.15, 0.2) is 0 Å². The highest BCUT2D eigenvalue weighted by Gasteiger charge is 2.03. The predicted octanol–water partition coefficient (Wildman–Crippen LogP) is 2.96.